The van der Waals surface area contributed by atoms with Crippen LogP contribution in [0.25, 0.3) is 0 Å². The van der Waals surface area contributed by atoms with E-state index in [0.29, 0.717) is 205 Å². The third-order valence-corrected chi connectivity index (χ3v) is 20.0. The van der Waals surface area contributed by atoms with E-state index in [9.17, 15) is 16.8 Å². The van der Waals surface area contributed by atoms with Crippen molar-refractivity contribution in [3.05, 3.63) is 126 Å². The zero-order chi connectivity index (χ0) is 71.9. The molecule has 0 fully saturated rings. The topological polar surface area (TPSA) is 261 Å². The maximum Gasteiger partial charge on any atom is 0.240 e. The van der Waals surface area contributed by atoms with E-state index < -0.39 is 20.0 Å². The number of hydroxylamine groups is 1. The summed E-state index contributed by atoms with van der Waals surface area (Å²) in [5.74, 6) is 0.0416. The van der Waals surface area contributed by atoms with Crippen molar-refractivity contribution in [1.29, 1.82) is 0 Å². The molecule has 572 valence electrons. The van der Waals surface area contributed by atoms with Crippen LogP contribution >= 0.6 is 46.4 Å². The van der Waals surface area contributed by atoms with Crippen molar-refractivity contribution < 1.29 is 88.0 Å². The number of unbranched alkanes of at least 4 members (excludes halogenated alkanes) is 2. The van der Waals surface area contributed by atoms with E-state index in [0.717, 1.165) is 98.3 Å². The van der Waals surface area contributed by atoms with Crippen LogP contribution in [0.1, 0.15) is 70.9 Å². The highest BCUT2D eigenvalue weighted by molar-refractivity contribution is 7.89. The van der Waals surface area contributed by atoms with Crippen LogP contribution in [-0.4, -0.2) is 278 Å². The number of nitrogens with one attached hydrogen (secondary N) is 4. The van der Waals surface area contributed by atoms with E-state index in [-0.39, 0.29) is 47.9 Å². The van der Waals surface area contributed by atoms with Gasteiger partial charge in [0.15, 0.2) is 0 Å². The lowest BCUT2D eigenvalue weighted by atomic mass is 9.85. The second kappa shape index (κ2) is 53.0. The van der Waals surface area contributed by atoms with Crippen molar-refractivity contribution in [1.82, 2.24) is 30.0 Å². The van der Waals surface area contributed by atoms with Gasteiger partial charge < -0.3 is 81.4 Å². The summed E-state index contributed by atoms with van der Waals surface area (Å²) in [6, 6.07) is 21.3. The summed E-state index contributed by atoms with van der Waals surface area (Å²) in [5.41, 5.74) is 9.05. The van der Waals surface area contributed by atoms with Crippen LogP contribution in [0.2, 0.25) is 20.1 Å². The Kier molecular flexibility index (Phi) is 45.6. The van der Waals surface area contributed by atoms with Crippen molar-refractivity contribution in [2.45, 2.75) is 60.4 Å². The van der Waals surface area contributed by atoms with E-state index in [2.05, 4.69) is 30.0 Å². The van der Waals surface area contributed by atoms with Gasteiger partial charge in [-0.3, -0.25) is 4.84 Å². The van der Waals surface area contributed by atoms with Crippen LogP contribution in [0.4, 0.5) is 0 Å². The molecule has 4 N–H and O–H groups in total. The van der Waals surface area contributed by atoms with E-state index in [1.165, 1.54) is 0 Å². The molecule has 31 heteroatoms. The highest BCUT2D eigenvalue weighted by Crippen LogP contribution is 2.40. The van der Waals surface area contributed by atoms with Crippen LogP contribution in [0.5, 0.6) is 0 Å². The van der Waals surface area contributed by atoms with Crippen molar-refractivity contribution in [2.24, 2.45) is 0 Å². The van der Waals surface area contributed by atoms with Gasteiger partial charge in [0.1, 0.15) is 0 Å². The van der Waals surface area contributed by atoms with E-state index in [1.54, 1.807) is 36.4 Å². The molecule has 101 heavy (non-hydrogen) atoms. The molecule has 2 aliphatic heterocycles. The number of hydrogen-bond acceptors (Lipinski definition) is 23. The average molecular weight is 1540 g/mol. The molecule has 0 amide bonds. The monoisotopic (exact) mass is 1540 g/mol. The molecule has 2 unspecified atom stereocenters. The highest BCUT2D eigenvalue weighted by atomic mass is 35.5. The van der Waals surface area contributed by atoms with Crippen LogP contribution in [0, 0.1) is 0 Å². The molecule has 2 atom stereocenters. The number of halogens is 4. The molecule has 0 radical (unpaired) electrons. The van der Waals surface area contributed by atoms with Crippen molar-refractivity contribution in [2.75, 3.05) is 252 Å². The van der Waals surface area contributed by atoms with Gasteiger partial charge in [-0.05, 0) is 128 Å². The Morgan fingerprint density at radius 1 is 0.356 bits per heavy atom. The molecule has 0 bridgehead atoms. The van der Waals surface area contributed by atoms with Crippen molar-refractivity contribution in [3.63, 3.8) is 0 Å². The normalized spacial score (nSPS) is 15.2. The molecular weight excluding hydrogens is 1430 g/mol. The third-order valence-electron chi connectivity index (χ3n) is 15.9. The van der Waals surface area contributed by atoms with Gasteiger partial charge in [0.05, 0.1) is 182 Å². The Balaban J connectivity index is 0.560. The van der Waals surface area contributed by atoms with Crippen LogP contribution in [-0.2, 0) is 104 Å². The molecule has 25 nitrogen and oxygen atoms in total. The average Bonchev–Trinajstić information content (AvgIpc) is 0.783. The molecule has 4 aromatic rings. The summed E-state index contributed by atoms with van der Waals surface area (Å²) in [7, 11) is -3.34. The van der Waals surface area contributed by atoms with Gasteiger partial charge in [0.25, 0.3) is 0 Å². The molecule has 0 saturated heterocycles. The SMILES string of the molecule is CN1Cc2c(Cl)cc(Cl)cc2C(c2ccc(S(=O)(=O)NCCOCCOCCOCCNCCCOCCOCCOCCOCCOCCOCCCCCOCCOCCONCCOCCOCCOCCNS(=O)(=O)c3ccc(C4CN(C)Cc5c(Cl)cc(Cl)cc54)cc3)cc2)C1. The molecule has 2 heterocycles. The van der Waals surface area contributed by atoms with Crippen molar-refractivity contribution >= 4 is 66.5 Å². The second-order valence-corrected chi connectivity index (χ2v) is 29.0. The first-order valence-electron chi connectivity index (χ1n) is 34.9. The second-order valence-electron chi connectivity index (χ2n) is 23.8. The number of rotatable bonds is 62. The minimum atomic E-state index is -3.71. The predicted octanol–water partition coefficient (Wildman–Crippen LogP) is 7.62. The first kappa shape index (κ1) is 87.0. The largest absolute Gasteiger partial charge is 0.379 e. The lowest BCUT2D eigenvalue weighted by Gasteiger charge is -2.33. The lowest BCUT2D eigenvalue weighted by Crippen LogP contribution is -2.31. The number of fused-ring (bicyclic) bond motifs is 2. The van der Waals surface area contributed by atoms with Gasteiger partial charge in [-0.15, -0.1) is 0 Å². The van der Waals surface area contributed by atoms with E-state index in [1.807, 2.05) is 50.5 Å². The fourth-order valence-corrected chi connectivity index (χ4v) is 14.0. The predicted molar refractivity (Wildman–Crippen MR) is 389 cm³/mol. The van der Waals surface area contributed by atoms with Gasteiger partial charge in [-0.1, -0.05) is 70.7 Å². The third kappa shape index (κ3) is 36.5. The molecule has 0 spiro atoms. The standard InChI is InChI=1S/C70H108Cl4N6O19S2/c1-79-53-65(63-49-59(71)51-69(73)67(63)55-79)57-7-11-61(12-8-57)100(81,82)77-18-25-90-32-39-94-37-30-88-23-16-75-15-6-22-87-29-35-93-42-44-97-46-45-96-43-41-92-34-27-85-20-4-3-5-21-86-28-36-98-47-48-99-76-17-24-89-31-38-95-40-33-91-26-19-78-101(83,84)62-13-9-58(10-14-62)66-54-80(2)56-68-64(66)50-60(72)52-70(68)74/h7-14,49-52,65-66,75-78H,3-6,15-48,53-56H2,1-2H3. The van der Waals surface area contributed by atoms with Gasteiger partial charge in [-0.2, -0.15) is 0 Å². The first-order valence-corrected chi connectivity index (χ1v) is 39.4. The quantitative estimate of drug-likeness (QED) is 0.0245. The maximum absolute atomic E-state index is 12.9. The fraction of sp³-hybridized carbons (Fsp3) is 0.657. The fourth-order valence-electron chi connectivity index (χ4n) is 10.8. The molecule has 0 aromatic heterocycles. The van der Waals surface area contributed by atoms with Crippen LogP contribution in [0.15, 0.2) is 82.6 Å². The molecule has 4 aromatic carbocycles. The molecule has 6 rings (SSSR count). The number of ether oxygens (including phenoxy) is 14. The lowest BCUT2D eigenvalue weighted by molar-refractivity contribution is -0.0299. The highest BCUT2D eigenvalue weighted by Gasteiger charge is 2.29. The first-order chi connectivity index (χ1) is 49.2. The molecule has 2 aliphatic rings. The summed E-state index contributed by atoms with van der Waals surface area (Å²) < 4.78 is 135. The summed E-state index contributed by atoms with van der Waals surface area (Å²) in [4.78, 5) is 10.1. The van der Waals surface area contributed by atoms with E-state index in [4.69, 9.17) is 118 Å². The Morgan fingerprint density at radius 3 is 1.03 bits per heavy atom. The number of likely N-dealkylation sites (N-methyl/N-ethyl adjacent to an activating group) is 2. The maximum atomic E-state index is 12.9. The Bertz CT molecular complexity index is 2870. The minimum Gasteiger partial charge on any atom is -0.379 e. The van der Waals surface area contributed by atoms with Crippen LogP contribution in [0.3, 0.4) is 0 Å². The Morgan fingerprint density at radius 2 is 0.663 bits per heavy atom. The van der Waals surface area contributed by atoms with Gasteiger partial charge in [0.2, 0.25) is 20.0 Å². The Hall–Kier alpha value is -2.90. The summed E-state index contributed by atoms with van der Waals surface area (Å²) >= 11 is 25.7. The van der Waals surface area contributed by atoms with Gasteiger partial charge >= 0.3 is 0 Å². The number of benzene rings is 4. The summed E-state index contributed by atoms with van der Waals surface area (Å²) in [5, 5.41) is 5.77. The van der Waals surface area contributed by atoms with Crippen LogP contribution < -0.4 is 20.2 Å². The molecule has 0 saturated carbocycles. The smallest absolute Gasteiger partial charge is 0.240 e. The zero-order valence-electron chi connectivity index (χ0n) is 58.8. The number of sulfonamides is 2. The van der Waals surface area contributed by atoms with Crippen molar-refractivity contribution in [3.8, 4) is 0 Å². The van der Waals surface area contributed by atoms with Gasteiger partial charge in [-0.25, -0.2) is 31.8 Å². The summed E-state index contributed by atoms with van der Waals surface area (Å²) in [6.45, 7) is 18.9. The van der Waals surface area contributed by atoms with E-state index >= 15 is 0 Å². The zero-order valence-corrected chi connectivity index (χ0v) is 63.4. The number of hydrogen-bond donors (Lipinski definition) is 4. The number of nitrogens with zero attached hydrogens (tertiary/aromatic N) is 2. The summed E-state index contributed by atoms with van der Waals surface area (Å²) in [6.07, 6.45) is 3.82. The Labute approximate surface area is 618 Å². The minimum absolute atomic E-state index is 0.0193. The molecular formula is C70H108Cl4N6O19S2. The molecule has 0 aliphatic carbocycles. The van der Waals surface area contributed by atoms with Gasteiger partial charge in [0, 0.05) is 104 Å².